The van der Waals surface area contributed by atoms with Gasteiger partial charge in [0.1, 0.15) is 0 Å². The molecule has 0 radical (unpaired) electrons. The van der Waals surface area contributed by atoms with Gasteiger partial charge in [0.15, 0.2) is 5.78 Å². The first kappa shape index (κ1) is 14.6. The standard InChI is InChI=1S/C19H16ClNO/c1-13-19(14(2)22)18(15-8-10-16(20)11-9-15)12-21(13)17-6-4-3-5-7-17/h3-12H,1-2H3. The third-order valence-electron chi connectivity index (χ3n) is 3.79. The molecule has 0 atom stereocenters. The van der Waals surface area contributed by atoms with Crippen LogP contribution in [-0.4, -0.2) is 10.4 Å². The van der Waals surface area contributed by atoms with Gasteiger partial charge in [0, 0.05) is 33.7 Å². The van der Waals surface area contributed by atoms with E-state index in [0.717, 1.165) is 28.1 Å². The largest absolute Gasteiger partial charge is 0.320 e. The lowest BCUT2D eigenvalue weighted by Gasteiger charge is -2.05. The lowest BCUT2D eigenvalue weighted by molar-refractivity contribution is 0.101. The highest BCUT2D eigenvalue weighted by atomic mass is 35.5. The van der Waals surface area contributed by atoms with E-state index in [-0.39, 0.29) is 5.78 Å². The molecule has 2 aromatic carbocycles. The van der Waals surface area contributed by atoms with Gasteiger partial charge in [0.25, 0.3) is 0 Å². The number of aromatic nitrogens is 1. The highest BCUT2D eigenvalue weighted by molar-refractivity contribution is 6.30. The summed E-state index contributed by atoms with van der Waals surface area (Å²) in [5.41, 5.74) is 4.68. The van der Waals surface area contributed by atoms with Crippen LogP contribution in [0.2, 0.25) is 5.02 Å². The zero-order valence-corrected chi connectivity index (χ0v) is 13.3. The van der Waals surface area contributed by atoms with Gasteiger partial charge in [0.2, 0.25) is 0 Å². The van der Waals surface area contributed by atoms with Crippen molar-refractivity contribution in [2.24, 2.45) is 0 Å². The van der Waals surface area contributed by atoms with E-state index in [2.05, 4.69) is 4.57 Å². The Morgan fingerprint density at radius 1 is 1.00 bits per heavy atom. The van der Waals surface area contributed by atoms with Gasteiger partial charge in [-0.3, -0.25) is 4.79 Å². The number of carbonyl (C=O) groups excluding carboxylic acids is 1. The van der Waals surface area contributed by atoms with Crippen molar-refractivity contribution < 1.29 is 4.79 Å². The summed E-state index contributed by atoms with van der Waals surface area (Å²) >= 11 is 5.96. The molecule has 2 nitrogen and oxygen atoms in total. The summed E-state index contributed by atoms with van der Waals surface area (Å²) in [5.74, 6) is 0.0668. The average molecular weight is 310 g/mol. The molecule has 3 heteroatoms. The summed E-state index contributed by atoms with van der Waals surface area (Å²) in [4.78, 5) is 12.1. The monoisotopic (exact) mass is 309 g/mol. The van der Waals surface area contributed by atoms with Crippen molar-refractivity contribution in [2.75, 3.05) is 0 Å². The Morgan fingerprint density at radius 3 is 2.23 bits per heavy atom. The molecule has 0 bridgehead atoms. The minimum atomic E-state index is 0.0668. The molecule has 0 aliphatic rings. The SMILES string of the molecule is CC(=O)c1c(-c2ccc(Cl)cc2)cn(-c2ccccc2)c1C. The average Bonchev–Trinajstić information content (AvgIpc) is 2.86. The van der Waals surface area contributed by atoms with E-state index in [0.29, 0.717) is 5.02 Å². The predicted molar refractivity (Wildman–Crippen MR) is 91.0 cm³/mol. The molecule has 3 aromatic rings. The fraction of sp³-hybridized carbons (Fsp3) is 0.105. The number of ketones is 1. The van der Waals surface area contributed by atoms with E-state index >= 15 is 0 Å². The number of hydrogen-bond donors (Lipinski definition) is 0. The molecule has 0 saturated heterocycles. The maximum absolute atomic E-state index is 12.1. The van der Waals surface area contributed by atoms with Crippen molar-refractivity contribution in [3.05, 3.63) is 77.1 Å². The van der Waals surface area contributed by atoms with Gasteiger partial charge in [-0.2, -0.15) is 0 Å². The lowest BCUT2D eigenvalue weighted by atomic mass is 10.0. The van der Waals surface area contributed by atoms with Crippen LogP contribution in [0, 0.1) is 6.92 Å². The summed E-state index contributed by atoms with van der Waals surface area (Å²) < 4.78 is 2.06. The Balaban J connectivity index is 2.22. The maximum Gasteiger partial charge on any atom is 0.162 e. The molecule has 3 rings (SSSR count). The van der Waals surface area contributed by atoms with Crippen molar-refractivity contribution >= 4 is 17.4 Å². The first-order chi connectivity index (χ1) is 10.6. The number of nitrogens with zero attached hydrogens (tertiary/aromatic N) is 1. The molecule has 22 heavy (non-hydrogen) atoms. The minimum Gasteiger partial charge on any atom is -0.320 e. The van der Waals surface area contributed by atoms with Gasteiger partial charge in [-0.05, 0) is 43.7 Å². The topological polar surface area (TPSA) is 22.0 Å². The third-order valence-corrected chi connectivity index (χ3v) is 4.04. The Morgan fingerprint density at radius 2 is 1.64 bits per heavy atom. The normalized spacial score (nSPS) is 10.7. The van der Waals surface area contributed by atoms with E-state index in [1.165, 1.54) is 0 Å². The van der Waals surface area contributed by atoms with Crippen LogP contribution in [0.15, 0.2) is 60.8 Å². The number of benzene rings is 2. The van der Waals surface area contributed by atoms with Crippen LogP contribution in [0.25, 0.3) is 16.8 Å². The van der Waals surface area contributed by atoms with E-state index in [1.807, 2.05) is 67.7 Å². The van der Waals surface area contributed by atoms with Gasteiger partial charge in [-0.15, -0.1) is 0 Å². The molecular formula is C19H16ClNO. The van der Waals surface area contributed by atoms with E-state index in [1.54, 1.807) is 6.92 Å². The second kappa shape index (κ2) is 5.82. The van der Waals surface area contributed by atoms with Crippen LogP contribution < -0.4 is 0 Å². The van der Waals surface area contributed by atoms with Crippen molar-refractivity contribution in [3.8, 4) is 16.8 Å². The van der Waals surface area contributed by atoms with Crippen LogP contribution in [-0.2, 0) is 0 Å². The van der Waals surface area contributed by atoms with Crippen molar-refractivity contribution in [1.82, 2.24) is 4.57 Å². The maximum atomic E-state index is 12.1. The zero-order chi connectivity index (χ0) is 15.7. The molecular weight excluding hydrogens is 294 g/mol. The van der Waals surface area contributed by atoms with Gasteiger partial charge in [-0.1, -0.05) is 41.9 Å². The van der Waals surface area contributed by atoms with Crippen LogP contribution in [0.3, 0.4) is 0 Å². The van der Waals surface area contributed by atoms with Crippen LogP contribution >= 0.6 is 11.6 Å². The zero-order valence-electron chi connectivity index (χ0n) is 12.5. The predicted octanol–water partition coefficient (Wildman–Crippen LogP) is 5.31. The van der Waals surface area contributed by atoms with Gasteiger partial charge in [-0.25, -0.2) is 0 Å². The molecule has 0 unspecified atom stereocenters. The summed E-state index contributed by atoms with van der Waals surface area (Å²) in [5, 5.41) is 0.687. The van der Waals surface area contributed by atoms with E-state index in [9.17, 15) is 4.79 Å². The first-order valence-electron chi connectivity index (χ1n) is 7.12. The van der Waals surface area contributed by atoms with Crippen molar-refractivity contribution in [3.63, 3.8) is 0 Å². The second-order valence-electron chi connectivity index (χ2n) is 5.27. The van der Waals surface area contributed by atoms with Crippen LogP contribution in [0.5, 0.6) is 0 Å². The highest BCUT2D eigenvalue weighted by Crippen LogP contribution is 2.31. The van der Waals surface area contributed by atoms with Gasteiger partial charge >= 0.3 is 0 Å². The lowest BCUT2D eigenvalue weighted by Crippen LogP contribution is -1.99. The number of Topliss-reactive ketones (excluding diaryl/α,β-unsaturated/α-hetero) is 1. The number of hydrogen-bond acceptors (Lipinski definition) is 1. The fourth-order valence-electron chi connectivity index (χ4n) is 2.76. The number of halogens is 1. The van der Waals surface area contributed by atoms with E-state index < -0.39 is 0 Å². The smallest absolute Gasteiger partial charge is 0.162 e. The Labute approximate surface area is 135 Å². The third kappa shape index (κ3) is 2.58. The molecule has 0 fully saturated rings. The van der Waals surface area contributed by atoms with Gasteiger partial charge < -0.3 is 4.57 Å². The molecule has 0 spiro atoms. The van der Waals surface area contributed by atoms with Crippen LogP contribution in [0.4, 0.5) is 0 Å². The molecule has 0 N–H and O–H groups in total. The second-order valence-corrected chi connectivity index (χ2v) is 5.71. The van der Waals surface area contributed by atoms with Crippen molar-refractivity contribution in [2.45, 2.75) is 13.8 Å². The molecule has 0 aliphatic carbocycles. The summed E-state index contributed by atoms with van der Waals surface area (Å²) in [6.45, 7) is 3.58. The van der Waals surface area contributed by atoms with E-state index in [4.69, 9.17) is 11.6 Å². The number of rotatable bonds is 3. The summed E-state index contributed by atoms with van der Waals surface area (Å²) in [6.07, 6.45) is 2.02. The number of para-hydroxylation sites is 1. The molecule has 0 amide bonds. The molecule has 0 aliphatic heterocycles. The summed E-state index contributed by atoms with van der Waals surface area (Å²) in [7, 11) is 0. The first-order valence-corrected chi connectivity index (χ1v) is 7.50. The van der Waals surface area contributed by atoms with Crippen molar-refractivity contribution in [1.29, 1.82) is 0 Å². The summed E-state index contributed by atoms with van der Waals surface area (Å²) in [6, 6.07) is 17.6. The van der Waals surface area contributed by atoms with Gasteiger partial charge in [0.05, 0.1) is 0 Å². The van der Waals surface area contributed by atoms with Crippen LogP contribution in [0.1, 0.15) is 23.0 Å². The molecule has 1 heterocycles. The minimum absolute atomic E-state index is 0.0668. The molecule has 110 valence electrons. The Kier molecular flexibility index (Phi) is 3.86. The quantitative estimate of drug-likeness (QED) is 0.601. The number of carbonyl (C=O) groups is 1. The Hall–Kier alpha value is -2.32. The fourth-order valence-corrected chi connectivity index (χ4v) is 2.88. The Bertz CT molecular complexity index is 817. The highest BCUT2D eigenvalue weighted by Gasteiger charge is 2.18. The molecule has 1 aromatic heterocycles. The molecule has 0 saturated carbocycles.